The molecule has 0 spiro atoms. The van der Waals surface area contributed by atoms with Crippen molar-refractivity contribution in [2.45, 2.75) is 44.9 Å². The zero-order valence-corrected chi connectivity index (χ0v) is 10.3. The van der Waals surface area contributed by atoms with Gasteiger partial charge in [0, 0.05) is 19.5 Å². The van der Waals surface area contributed by atoms with Crippen molar-refractivity contribution in [2.24, 2.45) is 11.8 Å². The number of carbonyl (C=O) groups is 1. The van der Waals surface area contributed by atoms with Gasteiger partial charge in [0.15, 0.2) is 0 Å². The molecule has 2 heteroatoms. The summed E-state index contributed by atoms with van der Waals surface area (Å²) in [5.41, 5.74) is 0. The lowest BCUT2D eigenvalue weighted by Crippen LogP contribution is -2.36. The van der Waals surface area contributed by atoms with Crippen molar-refractivity contribution in [2.75, 3.05) is 13.6 Å². The Morgan fingerprint density at radius 1 is 1.25 bits per heavy atom. The first-order valence-electron chi connectivity index (χ1n) is 6.67. The Kier molecular flexibility index (Phi) is 4.03. The molecule has 2 aliphatic carbocycles. The van der Waals surface area contributed by atoms with Gasteiger partial charge >= 0.3 is 0 Å². The SMILES string of the molecule is CN(CC1CCCC1)C(=O)[C@@H]1CC=CCC1. The van der Waals surface area contributed by atoms with Crippen LogP contribution in [0.15, 0.2) is 12.2 Å². The third-order valence-corrected chi connectivity index (χ3v) is 4.00. The Bertz CT molecular complexity index is 266. The minimum Gasteiger partial charge on any atom is -0.345 e. The molecule has 0 aromatic carbocycles. The third kappa shape index (κ3) is 2.87. The van der Waals surface area contributed by atoms with E-state index >= 15 is 0 Å². The summed E-state index contributed by atoms with van der Waals surface area (Å²) in [7, 11) is 1.99. The van der Waals surface area contributed by atoms with Gasteiger partial charge in [-0.3, -0.25) is 4.79 Å². The van der Waals surface area contributed by atoms with E-state index in [0.717, 1.165) is 31.7 Å². The van der Waals surface area contributed by atoms with Crippen molar-refractivity contribution in [3.8, 4) is 0 Å². The Morgan fingerprint density at radius 2 is 2.00 bits per heavy atom. The molecular formula is C14H23NO. The highest BCUT2D eigenvalue weighted by Crippen LogP contribution is 2.26. The molecule has 1 atom stereocenters. The van der Waals surface area contributed by atoms with Crippen molar-refractivity contribution >= 4 is 5.91 Å². The van der Waals surface area contributed by atoms with Crippen molar-refractivity contribution in [1.29, 1.82) is 0 Å². The smallest absolute Gasteiger partial charge is 0.225 e. The summed E-state index contributed by atoms with van der Waals surface area (Å²) in [6.45, 7) is 0.985. The van der Waals surface area contributed by atoms with Crippen LogP contribution in [0.3, 0.4) is 0 Å². The van der Waals surface area contributed by atoms with Gasteiger partial charge in [-0.2, -0.15) is 0 Å². The van der Waals surface area contributed by atoms with E-state index in [4.69, 9.17) is 0 Å². The van der Waals surface area contributed by atoms with Gasteiger partial charge in [0.1, 0.15) is 0 Å². The van der Waals surface area contributed by atoms with Crippen LogP contribution >= 0.6 is 0 Å². The molecule has 1 saturated carbocycles. The Morgan fingerprint density at radius 3 is 2.62 bits per heavy atom. The van der Waals surface area contributed by atoms with Crippen LogP contribution in [0.25, 0.3) is 0 Å². The van der Waals surface area contributed by atoms with E-state index in [1.807, 2.05) is 11.9 Å². The van der Waals surface area contributed by atoms with E-state index in [2.05, 4.69) is 12.2 Å². The molecule has 0 aromatic heterocycles. The molecule has 2 nitrogen and oxygen atoms in total. The van der Waals surface area contributed by atoms with Gasteiger partial charge in [-0.05, 0) is 38.0 Å². The number of amides is 1. The van der Waals surface area contributed by atoms with Crippen LogP contribution < -0.4 is 0 Å². The Hall–Kier alpha value is -0.790. The van der Waals surface area contributed by atoms with Crippen LogP contribution in [0.4, 0.5) is 0 Å². The van der Waals surface area contributed by atoms with E-state index in [0.29, 0.717) is 5.91 Å². The lowest BCUT2D eigenvalue weighted by Gasteiger charge is -2.26. The Labute approximate surface area is 98.7 Å². The van der Waals surface area contributed by atoms with Crippen LogP contribution in [0.5, 0.6) is 0 Å². The second-order valence-corrected chi connectivity index (χ2v) is 5.35. The predicted molar refractivity (Wildman–Crippen MR) is 66.1 cm³/mol. The zero-order valence-electron chi connectivity index (χ0n) is 10.3. The fourth-order valence-electron chi connectivity index (χ4n) is 3.00. The molecule has 0 aromatic rings. The van der Waals surface area contributed by atoms with E-state index in [1.54, 1.807) is 0 Å². The number of rotatable bonds is 3. The van der Waals surface area contributed by atoms with Crippen LogP contribution in [0.1, 0.15) is 44.9 Å². The first-order chi connectivity index (χ1) is 7.77. The lowest BCUT2D eigenvalue weighted by atomic mass is 9.93. The van der Waals surface area contributed by atoms with Gasteiger partial charge in [0.25, 0.3) is 0 Å². The van der Waals surface area contributed by atoms with Gasteiger partial charge in [-0.25, -0.2) is 0 Å². The average Bonchev–Trinajstić information content (AvgIpc) is 2.82. The minimum absolute atomic E-state index is 0.261. The maximum Gasteiger partial charge on any atom is 0.225 e. The molecule has 16 heavy (non-hydrogen) atoms. The molecule has 0 saturated heterocycles. The molecule has 0 N–H and O–H groups in total. The highest BCUT2D eigenvalue weighted by molar-refractivity contribution is 5.78. The summed E-state index contributed by atoms with van der Waals surface area (Å²) in [6.07, 6.45) is 12.8. The van der Waals surface area contributed by atoms with Crippen LogP contribution in [-0.4, -0.2) is 24.4 Å². The number of carbonyl (C=O) groups excluding carboxylic acids is 1. The third-order valence-electron chi connectivity index (χ3n) is 4.00. The molecule has 0 aliphatic heterocycles. The van der Waals surface area contributed by atoms with Crippen LogP contribution in [-0.2, 0) is 4.79 Å². The predicted octanol–water partition coefficient (Wildman–Crippen LogP) is 2.99. The first kappa shape index (κ1) is 11.7. The lowest BCUT2D eigenvalue weighted by molar-refractivity contribution is -0.135. The van der Waals surface area contributed by atoms with Crippen molar-refractivity contribution in [1.82, 2.24) is 4.90 Å². The monoisotopic (exact) mass is 221 g/mol. The maximum atomic E-state index is 12.2. The highest BCUT2D eigenvalue weighted by atomic mass is 16.2. The number of nitrogens with zero attached hydrogens (tertiary/aromatic N) is 1. The number of hydrogen-bond acceptors (Lipinski definition) is 1. The van der Waals surface area contributed by atoms with Crippen LogP contribution in [0.2, 0.25) is 0 Å². The molecule has 0 radical (unpaired) electrons. The quantitative estimate of drug-likeness (QED) is 0.671. The normalized spacial score (nSPS) is 25.9. The van der Waals surface area contributed by atoms with E-state index < -0.39 is 0 Å². The fourth-order valence-corrected chi connectivity index (χ4v) is 3.00. The topological polar surface area (TPSA) is 20.3 Å². The van der Waals surface area contributed by atoms with E-state index in [9.17, 15) is 4.79 Å². The van der Waals surface area contributed by atoms with Crippen molar-refractivity contribution < 1.29 is 4.79 Å². The summed E-state index contributed by atoms with van der Waals surface area (Å²) in [5.74, 6) is 1.40. The van der Waals surface area contributed by atoms with Gasteiger partial charge in [-0.1, -0.05) is 25.0 Å². The molecular weight excluding hydrogens is 198 g/mol. The molecule has 1 fully saturated rings. The summed E-state index contributed by atoms with van der Waals surface area (Å²) >= 11 is 0. The van der Waals surface area contributed by atoms with Crippen molar-refractivity contribution in [3.05, 3.63) is 12.2 Å². The first-order valence-corrected chi connectivity index (χ1v) is 6.67. The maximum absolute atomic E-state index is 12.2. The van der Waals surface area contributed by atoms with Crippen molar-refractivity contribution in [3.63, 3.8) is 0 Å². The molecule has 90 valence electrons. The summed E-state index contributed by atoms with van der Waals surface area (Å²) < 4.78 is 0. The molecule has 2 rings (SSSR count). The number of allylic oxidation sites excluding steroid dienone is 2. The van der Waals surface area contributed by atoms with Gasteiger partial charge in [0.05, 0.1) is 0 Å². The highest BCUT2D eigenvalue weighted by Gasteiger charge is 2.24. The molecule has 0 unspecified atom stereocenters. The zero-order chi connectivity index (χ0) is 11.4. The van der Waals surface area contributed by atoms with Gasteiger partial charge < -0.3 is 4.90 Å². The number of hydrogen-bond donors (Lipinski definition) is 0. The second-order valence-electron chi connectivity index (χ2n) is 5.35. The average molecular weight is 221 g/mol. The van der Waals surface area contributed by atoms with Gasteiger partial charge in [0.2, 0.25) is 5.91 Å². The second kappa shape index (κ2) is 5.51. The minimum atomic E-state index is 0.261. The standard InChI is InChI=1S/C14H23NO/c1-15(11-12-7-5-6-8-12)14(16)13-9-3-2-4-10-13/h2-3,12-13H,4-11H2,1H3/t13-/m1/s1. The molecule has 0 bridgehead atoms. The molecule has 2 aliphatic rings. The summed E-state index contributed by atoms with van der Waals surface area (Å²) in [6, 6.07) is 0. The van der Waals surface area contributed by atoms with E-state index in [-0.39, 0.29) is 5.92 Å². The van der Waals surface area contributed by atoms with Crippen LogP contribution in [0, 0.1) is 11.8 Å². The molecule has 0 heterocycles. The summed E-state index contributed by atoms with van der Waals surface area (Å²) in [5, 5.41) is 0. The van der Waals surface area contributed by atoms with Gasteiger partial charge in [-0.15, -0.1) is 0 Å². The fraction of sp³-hybridized carbons (Fsp3) is 0.786. The summed E-state index contributed by atoms with van der Waals surface area (Å²) in [4.78, 5) is 14.2. The Balaban J connectivity index is 1.80. The molecule has 1 amide bonds. The largest absolute Gasteiger partial charge is 0.345 e. The van der Waals surface area contributed by atoms with E-state index in [1.165, 1.54) is 25.7 Å².